The Morgan fingerprint density at radius 2 is 1.56 bits per heavy atom. The standard InChI is InChI=1S/C24H33N5O4S/c1-19(27-34(32,33)23-10-8-22(9-11-23)26-20(2)30)24(31)25-12-13-28-14-16-29(17-15-28)18-21-6-4-3-5-7-21/h3-11,19,27H,12-18H2,1-2H3,(H,25,31)(H,26,30)/t19-/m0/s1. The summed E-state index contributed by atoms with van der Waals surface area (Å²) in [6, 6.07) is 15.3. The lowest BCUT2D eigenvalue weighted by atomic mass is 10.2. The highest BCUT2D eigenvalue weighted by Gasteiger charge is 2.22. The number of piperazine rings is 1. The first-order valence-corrected chi connectivity index (χ1v) is 12.9. The van der Waals surface area contributed by atoms with E-state index in [1.807, 2.05) is 6.07 Å². The van der Waals surface area contributed by atoms with E-state index in [9.17, 15) is 18.0 Å². The van der Waals surface area contributed by atoms with Gasteiger partial charge < -0.3 is 10.6 Å². The predicted molar refractivity (Wildman–Crippen MR) is 132 cm³/mol. The van der Waals surface area contributed by atoms with Gasteiger partial charge in [-0.1, -0.05) is 30.3 Å². The number of rotatable bonds is 10. The van der Waals surface area contributed by atoms with Crippen LogP contribution in [-0.2, 0) is 26.2 Å². The first kappa shape index (κ1) is 25.8. The van der Waals surface area contributed by atoms with E-state index in [1.54, 1.807) is 0 Å². The van der Waals surface area contributed by atoms with Crippen LogP contribution in [0.3, 0.4) is 0 Å². The molecule has 1 aliphatic rings. The zero-order chi connectivity index (χ0) is 24.6. The van der Waals surface area contributed by atoms with Crippen molar-refractivity contribution in [2.45, 2.75) is 31.3 Å². The molecule has 1 atom stereocenters. The Hall–Kier alpha value is -2.79. The lowest BCUT2D eigenvalue weighted by molar-refractivity contribution is -0.122. The van der Waals surface area contributed by atoms with Crippen LogP contribution in [0, 0.1) is 0 Å². The summed E-state index contributed by atoms with van der Waals surface area (Å²) in [5.74, 6) is -0.616. The Kier molecular flexibility index (Phi) is 9.17. The Morgan fingerprint density at radius 1 is 0.941 bits per heavy atom. The molecule has 0 bridgehead atoms. The molecule has 184 valence electrons. The van der Waals surface area contributed by atoms with Crippen molar-refractivity contribution in [2.24, 2.45) is 0 Å². The molecule has 1 aliphatic heterocycles. The fourth-order valence-corrected chi connectivity index (χ4v) is 4.98. The molecule has 9 nitrogen and oxygen atoms in total. The van der Waals surface area contributed by atoms with Crippen LogP contribution in [0.15, 0.2) is 59.5 Å². The number of nitrogens with zero attached hydrogens (tertiary/aromatic N) is 2. The van der Waals surface area contributed by atoms with Gasteiger partial charge in [-0.15, -0.1) is 0 Å². The Bertz CT molecular complexity index is 1050. The minimum absolute atomic E-state index is 0.0228. The molecule has 3 rings (SSSR count). The largest absolute Gasteiger partial charge is 0.353 e. The summed E-state index contributed by atoms with van der Waals surface area (Å²) in [5.41, 5.74) is 1.81. The van der Waals surface area contributed by atoms with E-state index < -0.39 is 16.1 Å². The summed E-state index contributed by atoms with van der Waals surface area (Å²) in [4.78, 5) is 28.2. The SMILES string of the molecule is CC(=O)Nc1ccc(S(=O)(=O)N[C@@H](C)C(=O)NCCN2CCN(Cc3ccccc3)CC2)cc1. The van der Waals surface area contributed by atoms with Crippen molar-refractivity contribution in [3.05, 3.63) is 60.2 Å². The van der Waals surface area contributed by atoms with E-state index in [1.165, 1.54) is 43.7 Å². The lowest BCUT2D eigenvalue weighted by Gasteiger charge is -2.34. The Labute approximate surface area is 201 Å². The van der Waals surface area contributed by atoms with Crippen LogP contribution in [0.2, 0.25) is 0 Å². The smallest absolute Gasteiger partial charge is 0.241 e. The average Bonchev–Trinajstić information content (AvgIpc) is 2.80. The molecule has 34 heavy (non-hydrogen) atoms. The predicted octanol–water partition coefficient (Wildman–Crippen LogP) is 1.25. The maximum atomic E-state index is 12.6. The van der Waals surface area contributed by atoms with Gasteiger partial charge >= 0.3 is 0 Å². The summed E-state index contributed by atoms with van der Waals surface area (Å²) in [7, 11) is -3.87. The van der Waals surface area contributed by atoms with Crippen molar-refractivity contribution in [3.8, 4) is 0 Å². The molecule has 3 N–H and O–H groups in total. The van der Waals surface area contributed by atoms with Gasteiger partial charge in [0.2, 0.25) is 21.8 Å². The summed E-state index contributed by atoms with van der Waals surface area (Å²) in [5, 5.41) is 5.40. The summed E-state index contributed by atoms with van der Waals surface area (Å²) in [6.07, 6.45) is 0. The fraction of sp³-hybridized carbons (Fsp3) is 0.417. The molecule has 1 saturated heterocycles. The third-order valence-corrected chi connectivity index (χ3v) is 7.21. The normalized spacial score (nSPS) is 16.1. The monoisotopic (exact) mass is 487 g/mol. The molecule has 2 amide bonds. The third-order valence-electron chi connectivity index (χ3n) is 5.65. The minimum atomic E-state index is -3.87. The van der Waals surface area contributed by atoms with Gasteiger partial charge in [-0.3, -0.25) is 19.4 Å². The fourth-order valence-electron chi connectivity index (χ4n) is 3.78. The second-order valence-electron chi connectivity index (χ2n) is 8.44. The first-order chi connectivity index (χ1) is 16.2. The Morgan fingerprint density at radius 3 is 2.18 bits per heavy atom. The molecule has 10 heteroatoms. The van der Waals surface area contributed by atoms with E-state index in [4.69, 9.17) is 0 Å². The topological polar surface area (TPSA) is 111 Å². The molecular formula is C24H33N5O4S. The molecule has 1 heterocycles. The zero-order valence-electron chi connectivity index (χ0n) is 19.7. The van der Waals surface area contributed by atoms with Crippen LogP contribution in [0.4, 0.5) is 5.69 Å². The maximum Gasteiger partial charge on any atom is 0.241 e. The summed E-state index contributed by atoms with van der Waals surface area (Å²) < 4.78 is 27.5. The molecule has 0 radical (unpaired) electrons. The van der Waals surface area contributed by atoms with Gasteiger partial charge in [0.05, 0.1) is 10.9 Å². The minimum Gasteiger partial charge on any atom is -0.353 e. The quantitative estimate of drug-likeness (QED) is 0.465. The van der Waals surface area contributed by atoms with Gasteiger partial charge in [-0.25, -0.2) is 8.42 Å². The van der Waals surface area contributed by atoms with Crippen LogP contribution < -0.4 is 15.4 Å². The molecule has 0 aliphatic carbocycles. The van der Waals surface area contributed by atoms with Gasteiger partial charge in [0.25, 0.3) is 0 Å². The number of amides is 2. The van der Waals surface area contributed by atoms with Crippen LogP contribution in [0.5, 0.6) is 0 Å². The zero-order valence-corrected chi connectivity index (χ0v) is 20.5. The van der Waals surface area contributed by atoms with Gasteiger partial charge in [0.15, 0.2) is 0 Å². The highest BCUT2D eigenvalue weighted by molar-refractivity contribution is 7.89. The Balaban J connectivity index is 1.38. The molecular weight excluding hydrogens is 454 g/mol. The number of hydrogen-bond acceptors (Lipinski definition) is 6. The van der Waals surface area contributed by atoms with Crippen molar-refractivity contribution in [1.29, 1.82) is 0 Å². The number of nitrogens with one attached hydrogen (secondary N) is 3. The number of benzene rings is 2. The number of anilines is 1. The molecule has 0 aromatic heterocycles. The van der Waals surface area contributed by atoms with E-state index in [0.29, 0.717) is 12.2 Å². The summed E-state index contributed by atoms with van der Waals surface area (Å²) >= 11 is 0. The van der Waals surface area contributed by atoms with Gasteiger partial charge in [-0.05, 0) is 36.8 Å². The van der Waals surface area contributed by atoms with E-state index in [0.717, 1.165) is 39.3 Å². The first-order valence-electron chi connectivity index (χ1n) is 11.4. The highest BCUT2D eigenvalue weighted by Crippen LogP contribution is 2.14. The van der Waals surface area contributed by atoms with Gasteiger partial charge in [0.1, 0.15) is 0 Å². The second-order valence-corrected chi connectivity index (χ2v) is 10.2. The van der Waals surface area contributed by atoms with Crippen molar-refractivity contribution in [3.63, 3.8) is 0 Å². The second kappa shape index (κ2) is 12.1. The van der Waals surface area contributed by atoms with Gasteiger partial charge in [0, 0.05) is 58.4 Å². The number of sulfonamides is 1. The van der Waals surface area contributed by atoms with Crippen molar-refractivity contribution < 1.29 is 18.0 Å². The van der Waals surface area contributed by atoms with Crippen molar-refractivity contribution >= 4 is 27.5 Å². The molecule has 0 unspecified atom stereocenters. The number of carbonyl (C=O) groups excluding carboxylic acids is 2. The molecule has 1 fully saturated rings. The van der Waals surface area contributed by atoms with Crippen molar-refractivity contribution in [1.82, 2.24) is 19.8 Å². The van der Waals surface area contributed by atoms with E-state index in [2.05, 4.69) is 49.4 Å². The van der Waals surface area contributed by atoms with E-state index in [-0.39, 0.29) is 16.7 Å². The highest BCUT2D eigenvalue weighted by atomic mass is 32.2. The van der Waals surface area contributed by atoms with Gasteiger partial charge in [-0.2, -0.15) is 4.72 Å². The van der Waals surface area contributed by atoms with Crippen LogP contribution >= 0.6 is 0 Å². The van der Waals surface area contributed by atoms with Crippen LogP contribution in [0.1, 0.15) is 19.4 Å². The molecule has 0 spiro atoms. The maximum absolute atomic E-state index is 12.6. The number of hydrogen-bond donors (Lipinski definition) is 3. The third kappa shape index (κ3) is 7.91. The average molecular weight is 488 g/mol. The summed E-state index contributed by atoms with van der Waals surface area (Å²) in [6.45, 7) is 8.81. The van der Waals surface area contributed by atoms with Crippen molar-refractivity contribution in [2.75, 3.05) is 44.6 Å². The molecule has 2 aromatic rings. The molecule has 0 saturated carbocycles. The van der Waals surface area contributed by atoms with Crippen LogP contribution in [0.25, 0.3) is 0 Å². The lowest BCUT2D eigenvalue weighted by Crippen LogP contribution is -2.50. The number of carbonyl (C=O) groups is 2. The molecule has 2 aromatic carbocycles. The van der Waals surface area contributed by atoms with Crippen LogP contribution in [-0.4, -0.2) is 75.3 Å². The van der Waals surface area contributed by atoms with E-state index >= 15 is 0 Å².